The number of aromatic nitrogens is 4. The first-order valence-electron chi connectivity index (χ1n) is 3.37. The minimum atomic E-state index is -0.221. The number of nitrogens with two attached hydrogens (primary N) is 1. The predicted octanol–water partition coefficient (Wildman–Crippen LogP) is -1.09. The van der Waals surface area contributed by atoms with Gasteiger partial charge in [-0.25, -0.2) is 9.66 Å². The van der Waals surface area contributed by atoms with Crippen LogP contribution in [0.5, 0.6) is 0 Å². The summed E-state index contributed by atoms with van der Waals surface area (Å²) >= 11 is 0. The minimum Gasteiger partial charge on any atom is -0.335 e. The molecule has 2 aromatic rings. The Kier molecular flexibility index (Phi) is 1.18. The summed E-state index contributed by atoms with van der Waals surface area (Å²) in [6, 6.07) is 1.40. The van der Waals surface area contributed by atoms with Crippen LogP contribution in [0.2, 0.25) is 0 Å². The third kappa shape index (κ3) is 0.777. The fourth-order valence-electron chi connectivity index (χ4n) is 1.01. The number of nitrogen functional groups attached to an aromatic ring is 1. The zero-order valence-corrected chi connectivity index (χ0v) is 6.43. The molecule has 62 valence electrons. The lowest BCUT2D eigenvalue weighted by atomic mass is 10.5. The van der Waals surface area contributed by atoms with E-state index in [9.17, 15) is 4.79 Å². The summed E-state index contributed by atoms with van der Waals surface area (Å²) in [7, 11) is 0. The van der Waals surface area contributed by atoms with Crippen LogP contribution >= 0.6 is 0 Å². The topological polar surface area (TPSA) is 78.2 Å². The second-order valence-corrected chi connectivity index (χ2v) is 2.49. The highest BCUT2D eigenvalue weighted by atomic mass is 16.1. The van der Waals surface area contributed by atoms with Crippen molar-refractivity contribution >= 4 is 5.78 Å². The molecule has 2 heterocycles. The standard InChI is InChI=1S/C6H7N5O/c1-4-2-5(12)11-6(9-4)10(7)3-8-11/h2-3H,7H2,1H3. The number of nitrogens with zero attached hydrogens (tertiary/aromatic N) is 4. The maximum atomic E-state index is 11.2. The highest BCUT2D eigenvalue weighted by molar-refractivity contribution is 5.27. The van der Waals surface area contributed by atoms with Gasteiger partial charge in [0.25, 0.3) is 11.3 Å². The van der Waals surface area contributed by atoms with Crippen LogP contribution in [0.25, 0.3) is 5.78 Å². The summed E-state index contributed by atoms with van der Waals surface area (Å²) in [5, 5.41) is 3.74. The van der Waals surface area contributed by atoms with Crippen LogP contribution in [0.4, 0.5) is 0 Å². The van der Waals surface area contributed by atoms with Crippen LogP contribution in [0.15, 0.2) is 17.2 Å². The number of rotatable bonds is 0. The zero-order valence-electron chi connectivity index (χ0n) is 6.43. The quantitative estimate of drug-likeness (QED) is 0.503. The van der Waals surface area contributed by atoms with Gasteiger partial charge in [-0.3, -0.25) is 4.79 Å². The van der Waals surface area contributed by atoms with Crippen LogP contribution in [0.3, 0.4) is 0 Å². The van der Waals surface area contributed by atoms with Crippen molar-refractivity contribution in [3.63, 3.8) is 0 Å². The van der Waals surface area contributed by atoms with Crippen molar-refractivity contribution in [3.05, 3.63) is 28.4 Å². The summed E-state index contributed by atoms with van der Waals surface area (Å²) < 4.78 is 2.35. The van der Waals surface area contributed by atoms with Crippen LogP contribution < -0.4 is 11.4 Å². The smallest absolute Gasteiger partial charge is 0.275 e. The molecule has 2 aromatic heterocycles. The first kappa shape index (κ1) is 6.84. The first-order valence-corrected chi connectivity index (χ1v) is 3.37. The first-order chi connectivity index (χ1) is 5.68. The largest absolute Gasteiger partial charge is 0.335 e. The Balaban J connectivity index is 3.03. The normalized spacial score (nSPS) is 10.8. The molecule has 0 spiro atoms. The minimum absolute atomic E-state index is 0.221. The summed E-state index contributed by atoms with van der Waals surface area (Å²) in [6.07, 6.45) is 1.34. The van der Waals surface area contributed by atoms with Gasteiger partial charge < -0.3 is 5.84 Å². The van der Waals surface area contributed by atoms with Gasteiger partial charge in [0.05, 0.1) is 0 Å². The van der Waals surface area contributed by atoms with Gasteiger partial charge in [-0.15, -0.1) is 0 Å². The van der Waals surface area contributed by atoms with E-state index in [0.717, 1.165) is 4.52 Å². The van der Waals surface area contributed by atoms with E-state index in [1.165, 1.54) is 17.1 Å². The Morgan fingerprint density at radius 1 is 1.58 bits per heavy atom. The average Bonchev–Trinajstić information content (AvgIpc) is 2.33. The number of aryl methyl sites for hydroxylation is 1. The van der Waals surface area contributed by atoms with Gasteiger partial charge in [0.2, 0.25) is 0 Å². The number of fused-ring (bicyclic) bond motifs is 1. The maximum absolute atomic E-state index is 11.2. The van der Waals surface area contributed by atoms with Gasteiger partial charge in [-0.2, -0.15) is 9.61 Å². The highest BCUT2D eigenvalue weighted by Crippen LogP contribution is 1.92. The molecule has 0 aliphatic rings. The summed E-state index contributed by atoms with van der Waals surface area (Å²) in [6.45, 7) is 1.73. The molecule has 0 saturated heterocycles. The van der Waals surface area contributed by atoms with Crippen LogP contribution in [-0.2, 0) is 0 Å². The summed E-state index contributed by atoms with van der Waals surface area (Å²) in [5.74, 6) is 5.79. The van der Waals surface area contributed by atoms with Gasteiger partial charge in [-0.1, -0.05) is 0 Å². The molecule has 0 amide bonds. The van der Waals surface area contributed by atoms with Crippen molar-refractivity contribution < 1.29 is 0 Å². The molecule has 0 aromatic carbocycles. The Labute approximate surface area is 67.2 Å². The van der Waals surface area contributed by atoms with E-state index in [1.54, 1.807) is 6.92 Å². The van der Waals surface area contributed by atoms with Gasteiger partial charge in [0.1, 0.15) is 6.33 Å². The van der Waals surface area contributed by atoms with Crippen LogP contribution in [0, 0.1) is 6.92 Å². The van der Waals surface area contributed by atoms with Crippen molar-refractivity contribution in [1.82, 2.24) is 19.3 Å². The molecule has 0 atom stereocenters. The van der Waals surface area contributed by atoms with Crippen molar-refractivity contribution in [2.24, 2.45) is 0 Å². The van der Waals surface area contributed by atoms with E-state index in [0.29, 0.717) is 11.5 Å². The molecule has 6 nitrogen and oxygen atoms in total. The Morgan fingerprint density at radius 3 is 3.08 bits per heavy atom. The fourth-order valence-corrected chi connectivity index (χ4v) is 1.01. The average molecular weight is 165 g/mol. The maximum Gasteiger partial charge on any atom is 0.275 e. The molecule has 0 fully saturated rings. The van der Waals surface area contributed by atoms with Crippen molar-refractivity contribution in [3.8, 4) is 0 Å². The summed E-state index contributed by atoms with van der Waals surface area (Å²) in [5.41, 5.74) is 0.411. The lowest BCUT2D eigenvalue weighted by molar-refractivity contribution is 0.886. The highest BCUT2D eigenvalue weighted by Gasteiger charge is 2.02. The molecule has 6 heteroatoms. The van der Waals surface area contributed by atoms with Gasteiger partial charge in [0.15, 0.2) is 0 Å². The van der Waals surface area contributed by atoms with Crippen molar-refractivity contribution in [1.29, 1.82) is 0 Å². The Bertz CT molecular complexity index is 482. The van der Waals surface area contributed by atoms with Gasteiger partial charge >= 0.3 is 0 Å². The molecule has 12 heavy (non-hydrogen) atoms. The van der Waals surface area contributed by atoms with Gasteiger partial charge in [-0.05, 0) is 6.92 Å². The Hall–Kier alpha value is -1.85. The lowest BCUT2D eigenvalue weighted by Gasteiger charge is -1.94. The fraction of sp³-hybridized carbons (Fsp3) is 0.167. The molecular formula is C6H7N5O. The van der Waals surface area contributed by atoms with E-state index >= 15 is 0 Å². The second kappa shape index (κ2) is 2.07. The third-order valence-corrected chi connectivity index (χ3v) is 1.53. The molecule has 0 aliphatic heterocycles. The molecule has 0 aliphatic carbocycles. The molecule has 0 saturated carbocycles. The molecule has 2 rings (SSSR count). The monoisotopic (exact) mass is 165 g/mol. The Morgan fingerprint density at radius 2 is 2.33 bits per heavy atom. The summed E-state index contributed by atoms with van der Waals surface area (Å²) in [4.78, 5) is 15.2. The second-order valence-electron chi connectivity index (χ2n) is 2.49. The van der Waals surface area contributed by atoms with E-state index in [1.807, 2.05) is 0 Å². The van der Waals surface area contributed by atoms with Gasteiger partial charge in [0, 0.05) is 11.8 Å². The molecule has 2 N–H and O–H groups in total. The molecule has 0 bridgehead atoms. The molecule has 0 unspecified atom stereocenters. The predicted molar refractivity (Wildman–Crippen MR) is 42.1 cm³/mol. The van der Waals surface area contributed by atoms with E-state index in [2.05, 4.69) is 10.1 Å². The zero-order chi connectivity index (χ0) is 8.72. The van der Waals surface area contributed by atoms with Crippen LogP contribution in [0.1, 0.15) is 5.69 Å². The van der Waals surface area contributed by atoms with E-state index in [-0.39, 0.29) is 5.56 Å². The molecular weight excluding hydrogens is 158 g/mol. The molecule has 0 radical (unpaired) electrons. The van der Waals surface area contributed by atoms with E-state index < -0.39 is 0 Å². The van der Waals surface area contributed by atoms with Crippen molar-refractivity contribution in [2.45, 2.75) is 6.92 Å². The van der Waals surface area contributed by atoms with E-state index in [4.69, 9.17) is 5.84 Å². The number of hydrogen-bond donors (Lipinski definition) is 1. The third-order valence-electron chi connectivity index (χ3n) is 1.53. The van der Waals surface area contributed by atoms with Crippen molar-refractivity contribution in [2.75, 3.05) is 5.84 Å². The van der Waals surface area contributed by atoms with Crippen LogP contribution in [-0.4, -0.2) is 19.3 Å². The number of hydrogen-bond acceptors (Lipinski definition) is 4. The lowest BCUT2D eigenvalue weighted by Crippen LogP contribution is -2.17. The SMILES string of the molecule is Cc1cc(=O)n2ncn(N)c2n1.